The van der Waals surface area contributed by atoms with E-state index in [0.29, 0.717) is 16.7 Å². The highest BCUT2D eigenvalue weighted by atomic mass is 35.5. The van der Waals surface area contributed by atoms with E-state index in [0.717, 1.165) is 29.8 Å². The van der Waals surface area contributed by atoms with Crippen molar-refractivity contribution in [2.24, 2.45) is 0 Å². The predicted octanol–water partition coefficient (Wildman–Crippen LogP) is 2.60. The molecule has 2 N–H and O–H groups in total. The van der Waals surface area contributed by atoms with Crippen molar-refractivity contribution in [1.82, 2.24) is 14.8 Å². The summed E-state index contributed by atoms with van der Waals surface area (Å²) in [6.45, 7) is 2.34. The van der Waals surface area contributed by atoms with Gasteiger partial charge in [0.15, 0.2) is 5.58 Å². The summed E-state index contributed by atoms with van der Waals surface area (Å²) >= 11 is 0. The van der Waals surface area contributed by atoms with Crippen LogP contribution in [0.2, 0.25) is 0 Å². The molecule has 1 fully saturated rings. The summed E-state index contributed by atoms with van der Waals surface area (Å²) in [6, 6.07) is 14.8. The monoisotopic (exact) mass is 459 g/mol. The molecule has 1 aliphatic rings. The number of amides is 1. The van der Waals surface area contributed by atoms with Crippen LogP contribution in [0.3, 0.4) is 0 Å². The van der Waals surface area contributed by atoms with Crippen molar-refractivity contribution in [3.05, 3.63) is 70.2 Å². The Morgan fingerprint density at radius 2 is 1.81 bits per heavy atom. The van der Waals surface area contributed by atoms with Crippen LogP contribution >= 0.6 is 12.4 Å². The van der Waals surface area contributed by atoms with E-state index in [1.807, 2.05) is 30.3 Å². The number of nitrogens with zero attached hydrogens (tertiary/aromatic N) is 2. The van der Waals surface area contributed by atoms with Crippen molar-refractivity contribution in [2.45, 2.75) is 31.8 Å². The lowest BCUT2D eigenvalue weighted by atomic mass is 10.1. The first kappa shape index (κ1) is 23.6. The fourth-order valence-corrected chi connectivity index (χ4v) is 4.08. The van der Waals surface area contributed by atoms with Crippen LogP contribution in [0.25, 0.3) is 11.1 Å². The molecule has 1 amide bonds. The Balaban J connectivity index is 0.00000289. The van der Waals surface area contributed by atoms with Gasteiger partial charge in [-0.1, -0.05) is 36.4 Å². The zero-order valence-electron chi connectivity index (χ0n) is 17.5. The zero-order valence-corrected chi connectivity index (χ0v) is 18.3. The minimum atomic E-state index is -1.14. The van der Waals surface area contributed by atoms with Gasteiger partial charge in [0, 0.05) is 6.54 Å². The maximum Gasteiger partial charge on any atom is 0.420 e. The number of benzene rings is 2. The molecule has 9 heteroatoms. The molecule has 3 aromatic rings. The molecule has 4 rings (SSSR count). The predicted molar refractivity (Wildman–Crippen MR) is 122 cm³/mol. The second-order valence-electron chi connectivity index (χ2n) is 7.87. The Bertz CT molecular complexity index is 1140. The molecule has 0 aliphatic carbocycles. The lowest BCUT2D eigenvalue weighted by Crippen LogP contribution is -2.37. The van der Waals surface area contributed by atoms with E-state index in [2.05, 4.69) is 10.2 Å². The van der Waals surface area contributed by atoms with Crippen molar-refractivity contribution in [1.29, 1.82) is 0 Å². The number of aliphatic carboxylic acids is 1. The SMILES string of the molecule is Cl.O=C(O)Cn1c(=O)oc2ccc(CC(=O)N[C@H](CN3CCCC3)c3ccccc3)cc21. The number of rotatable bonds is 8. The molecule has 2 aromatic carbocycles. The molecular weight excluding hydrogens is 434 g/mol. The van der Waals surface area contributed by atoms with E-state index in [1.54, 1.807) is 18.2 Å². The topological polar surface area (TPSA) is 105 Å². The summed E-state index contributed by atoms with van der Waals surface area (Å²) in [5.41, 5.74) is 2.40. The zero-order chi connectivity index (χ0) is 21.8. The van der Waals surface area contributed by atoms with Gasteiger partial charge in [0.05, 0.1) is 18.0 Å². The van der Waals surface area contributed by atoms with Gasteiger partial charge in [-0.05, 0) is 49.2 Å². The molecule has 1 atom stereocenters. The fourth-order valence-electron chi connectivity index (χ4n) is 4.08. The molecule has 170 valence electrons. The van der Waals surface area contributed by atoms with Crippen LogP contribution in [0.1, 0.15) is 30.0 Å². The number of hydrogen-bond acceptors (Lipinski definition) is 5. The van der Waals surface area contributed by atoms with E-state index in [1.165, 1.54) is 12.8 Å². The third-order valence-electron chi connectivity index (χ3n) is 5.57. The summed E-state index contributed by atoms with van der Waals surface area (Å²) in [5, 5.41) is 12.2. The number of fused-ring (bicyclic) bond motifs is 1. The molecule has 1 aliphatic heterocycles. The van der Waals surface area contributed by atoms with Gasteiger partial charge >= 0.3 is 11.7 Å². The van der Waals surface area contributed by atoms with E-state index >= 15 is 0 Å². The average molecular weight is 460 g/mol. The molecule has 8 nitrogen and oxygen atoms in total. The number of carbonyl (C=O) groups is 2. The Hall–Kier alpha value is -3.10. The van der Waals surface area contributed by atoms with Crippen molar-refractivity contribution >= 4 is 35.4 Å². The maximum atomic E-state index is 12.9. The third-order valence-corrected chi connectivity index (χ3v) is 5.57. The van der Waals surface area contributed by atoms with Crippen molar-refractivity contribution in [3.8, 4) is 0 Å². The minimum absolute atomic E-state index is 0. The van der Waals surface area contributed by atoms with Crippen LogP contribution in [0, 0.1) is 0 Å². The highest BCUT2D eigenvalue weighted by Crippen LogP contribution is 2.19. The number of carboxylic acid groups (broad SMARTS) is 1. The van der Waals surface area contributed by atoms with E-state index in [9.17, 15) is 14.4 Å². The molecule has 2 heterocycles. The van der Waals surface area contributed by atoms with Gasteiger partial charge in [-0.2, -0.15) is 0 Å². The van der Waals surface area contributed by atoms with E-state index in [4.69, 9.17) is 9.52 Å². The van der Waals surface area contributed by atoms with Gasteiger partial charge in [0.1, 0.15) is 6.54 Å². The number of oxazole rings is 1. The normalized spacial score (nSPS) is 14.8. The van der Waals surface area contributed by atoms with Crippen LogP contribution in [0.15, 0.2) is 57.7 Å². The first-order chi connectivity index (χ1) is 15.0. The smallest absolute Gasteiger partial charge is 0.420 e. The lowest BCUT2D eigenvalue weighted by molar-refractivity contribution is -0.137. The van der Waals surface area contributed by atoms with Gasteiger partial charge in [-0.15, -0.1) is 12.4 Å². The quantitative estimate of drug-likeness (QED) is 0.536. The average Bonchev–Trinajstić information content (AvgIpc) is 3.36. The second-order valence-corrected chi connectivity index (χ2v) is 7.87. The molecule has 0 unspecified atom stereocenters. The number of likely N-dealkylation sites (tertiary alicyclic amines) is 1. The minimum Gasteiger partial charge on any atom is -0.480 e. The third kappa shape index (κ3) is 5.57. The van der Waals surface area contributed by atoms with Crippen LogP contribution in [0.4, 0.5) is 0 Å². The Labute approximate surface area is 191 Å². The standard InChI is InChI=1S/C23H25N3O5.ClH/c27-21(24-18(14-25-10-4-5-11-25)17-6-2-1-3-7-17)13-16-8-9-20-19(12-16)26(15-22(28)29)23(30)31-20;/h1-3,6-9,12,18H,4-5,10-11,13-15H2,(H,24,27)(H,28,29);1H/t18-;/m1./s1. The van der Waals surface area contributed by atoms with Gasteiger partial charge < -0.3 is 19.7 Å². The molecule has 1 saturated heterocycles. The van der Waals surface area contributed by atoms with Gasteiger partial charge in [-0.3, -0.25) is 14.2 Å². The van der Waals surface area contributed by atoms with Crippen LogP contribution < -0.4 is 11.1 Å². The first-order valence-corrected chi connectivity index (χ1v) is 10.4. The number of carbonyl (C=O) groups excluding carboxylic acids is 1. The van der Waals surface area contributed by atoms with E-state index < -0.39 is 18.3 Å². The highest BCUT2D eigenvalue weighted by molar-refractivity contribution is 5.85. The fraction of sp³-hybridized carbons (Fsp3) is 0.348. The molecule has 0 bridgehead atoms. The maximum absolute atomic E-state index is 12.9. The largest absolute Gasteiger partial charge is 0.480 e. The number of carboxylic acids is 1. The Morgan fingerprint density at radius 1 is 1.09 bits per heavy atom. The van der Waals surface area contributed by atoms with Crippen molar-refractivity contribution in [2.75, 3.05) is 19.6 Å². The van der Waals surface area contributed by atoms with Crippen molar-refractivity contribution < 1.29 is 19.1 Å². The van der Waals surface area contributed by atoms with Crippen LogP contribution in [0.5, 0.6) is 0 Å². The highest BCUT2D eigenvalue weighted by Gasteiger charge is 2.21. The molecule has 0 spiro atoms. The summed E-state index contributed by atoms with van der Waals surface area (Å²) in [7, 11) is 0. The number of aromatic nitrogens is 1. The molecule has 1 aromatic heterocycles. The number of hydrogen-bond donors (Lipinski definition) is 2. The molecule has 32 heavy (non-hydrogen) atoms. The van der Waals surface area contributed by atoms with Gasteiger partial charge in [-0.25, -0.2) is 4.79 Å². The van der Waals surface area contributed by atoms with Crippen LogP contribution in [-0.4, -0.2) is 46.1 Å². The summed E-state index contributed by atoms with van der Waals surface area (Å²) < 4.78 is 6.15. The summed E-state index contributed by atoms with van der Waals surface area (Å²) in [5.74, 6) is -2.00. The van der Waals surface area contributed by atoms with Crippen LogP contribution in [-0.2, 0) is 22.6 Å². The molecule has 0 radical (unpaired) electrons. The van der Waals surface area contributed by atoms with Crippen molar-refractivity contribution in [3.63, 3.8) is 0 Å². The molecular formula is C23H26ClN3O5. The van der Waals surface area contributed by atoms with Gasteiger partial charge in [0.25, 0.3) is 0 Å². The van der Waals surface area contributed by atoms with E-state index in [-0.39, 0.29) is 30.8 Å². The number of halogens is 1. The molecule has 0 saturated carbocycles. The number of nitrogens with one attached hydrogen (secondary N) is 1. The first-order valence-electron chi connectivity index (χ1n) is 10.4. The lowest BCUT2D eigenvalue weighted by Gasteiger charge is -2.25. The Kier molecular flexibility index (Phi) is 7.71. The Morgan fingerprint density at radius 3 is 2.50 bits per heavy atom. The second kappa shape index (κ2) is 10.5. The van der Waals surface area contributed by atoms with Gasteiger partial charge in [0.2, 0.25) is 5.91 Å². The summed E-state index contributed by atoms with van der Waals surface area (Å²) in [6.07, 6.45) is 2.47. The summed E-state index contributed by atoms with van der Waals surface area (Å²) in [4.78, 5) is 38.2.